The first-order chi connectivity index (χ1) is 7.34. The molecule has 1 fully saturated rings. The maximum atomic E-state index is 10.9. The van der Waals surface area contributed by atoms with Gasteiger partial charge in [0.05, 0.1) is 6.10 Å². The van der Waals surface area contributed by atoms with E-state index in [4.69, 9.17) is 15.2 Å². The Hall–Kier alpha value is -0.730. The minimum Gasteiger partial charge on any atom is -0.387 e. The molecular weight excluding hydrogens is 218 g/mol. The van der Waals surface area contributed by atoms with Crippen LogP contribution in [0, 0.1) is 0 Å². The number of aliphatic hydroxyl groups is 3. The molecule has 7 heteroatoms. The Balaban J connectivity index is 2.77. The van der Waals surface area contributed by atoms with E-state index in [0.717, 1.165) is 0 Å². The second-order valence-electron chi connectivity index (χ2n) is 3.98. The van der Waals surface area contributed by atoms with Crippen molar-refractivity contribution >= 4 is 5.91 Å². The summed E-state index contributed by atoms with van der Waals surface area (Å²) in [7, 11) is 0. The van der Waals surface area contributed by atoms with Crippen LogP contribution in [0.2, 0.25) is 0 Å². The molecule has 0 saturated carbocycles. The number of hydrogen-bond donors (Lipinski definition) is 4. The zero-order chi connectivity index (χ0) is 12.5. The van der Waals surface area contributed by atoms with Crippen LogP contribution in [-0.4, -0.2) is 58.0 Å². The molecule has 1 amide bonds. The maximum absolute atomic E-state index is 10.9. The molecule has 0 aliphatic carbocycles. The quantitative estimate of drug-likeness (QED) is 0.436. The van der Waals surface area contributed by atoms with Crippen LogP contribution in [0.5, 0.6) is 0 Å². The molecule has 5 atom stereocenters. The topological polar surface area (TPSA) is 122 Å². The Kier molecular flexibility index (Phi) is 4.22. The summed E-state index contributed by atoms with van der Waals surface area (Å²) >= 11 is 0. The number of carbonyl (C=O) groups excluding carboxylic acids is 1. The smallest absolute Gasteiger partial charge is 0.249 e. The van der Waals surface area contributed by atoms with Gasteiger partial charge in [-0.1, -0.05) is 0 Å². The number of aliphatic hydroxyl groups excluding tert-OH is 3. The molecule has 0 aromatic heterocycles. The number of hydrogen-bond acceptors (Lipinski definition) is 6. The second kappa shape index (κ2) is 5.07. The van der Waals surface area contributed by atoms with Gasteiger partial charge in [-0.3, -0.25) is 4.79 Å². The molecule has 16 heavy (non-hydrogen) atoms. The molecule has 0 spiro atoms. The summed E-state index contributed by atoms with van der Waals surface area (Å²) in [5.74, 6) is -0.921. The highest BCUT2D eigenvalue weighted by atomic mass is 16.7. The van der Waals surface area contributed by atoms with E-state index in [2.05, 4.69) is 0 Å². The summed E-state index contributed by atoms with van der Waals surface area (Å²) in [5, 5.41) is 28.5. The van der Waals surface area contributed by atoms with Gasteiger partial charge in [-0.15, -0.1) is 0 Å². The van der Waals surface area contributed by atoms with Gasteiger partial charge in [0.15, 0.2) is 12.4 Å². The van der Waals surface area contributed by atoms with Crippen LogP contribution >= 0.6 is 0 Å². The van der Waals surface area contributed by atoms with Crippen LogP contribution in [0.1, 0.15) is 13.8 Å². The Morgan fingerprint density at radius 3 is 2.25 bits per heavy atom. The fraction of sp³-hybridized carbons (Fsp3) is 0.889. The fourth-order valence-corrected chi connectivity index (χ4v) is 1.46. The third-order valence-electron chi connectivity index (χ3n) is 2.26. The normalized spacial score (nSPS) is 40.0. The lowest BCUT2D eigenvalue weighted by Crippen LogP contribution is -2.61. The Labute approximate surface area is 92.8 Å². The van der Waals surface area contributed by atoms with Crippen LogP contribution in [0.25, 0.3) is 0 Å². The van der Waals surface area contributed by atoms with E-state index in [-0.39, 0.29) is 6.10 Å². The van der Waals surface area contributed by atoms with Gasteiger partial charge in [-0.2, -0.15) is 0 Å². The molecule has 1 rings (SSSR count). The number of ether oxygens (including phenoxy) is 2. The lowest BCUT2D eigenvalue weighted by Gasteiger charge is -2.39. The molecule has 94 valence electrons. The molecule has 0 radical (unpaired) electrons. The molecule has 5 N–H and O–H groups in total. The maximum Gasteiger partial charge on any atom is 0.249 e. The van der Waals surface area contributed by atoms with Crippen molar-refractivity contribution in [1.82, 2.24) is 0 Å². The van der Waals surface area contributed by atoms with Gasteiger partial charge in [-0.05, 0) is 13.8 Å². The van der Waals surface area contributed by atoms with Crippen LogP contribution < -0.4 is 5.73 Å². The standard InChI is InChI=1S/C9H17NO6/c1-3(2)15-9-6(13)4(11)5(12)7(16-9)8(10)14/h3-7,9,11-13H,1-2H3,(H2,10,14)/t4?,5-,6+,7?,9?/m1/s1. The SMILES string of the molecule is CC(C)OC1OC(C(N)=O)[C@H](O)C(O)[C@@H]1O. The third kappa shape index (κ3) is 2.69. The first kappa shape index (κ1) is 13.3. The van der Waals surface area contributed by atoms with Crippen molar-refractivity contribution in [2.45, 2.75) is 50.7 Å². The number of amides is 1. The zero-order valence-corrected chi connectivity index (χ0v) is 9.11. The molecule has 1 aliphatic heterocycles. The fourth-order valence-electron chi connectivity index (χ4n) is 1.46. The van der Waals surface area contributed by atoms with Crippen molar-refractivity contribution in [1.29, 1.82) is 0 Å². The minimum absolute atomic E-state index is 0.268. The minimum atomic E-state index is -1.56. The van der Waals surface area contributed by atoms with Crippen molar-refractivity contribution in [2.75, 3.05) is 0 Å². The van der Waals surface area contributed by atoms with E-state index >= 15 is 0 Å². The second-order valence-corrected chi connectivity index (χ2v) is 3.98. The third-order valence-corrected chi connectivity index (χ3v) is 2.26. The number of carbonyl (C=O) groups is 1. The van der Waals surface area contributed by atoms with E-state index < -0.39 is 36.6 Å². The first-order valence-corrected chi connectivity index (χ1v) is 4.99. The highest BCUT2D eigenvalue weighted by Gasteiger charge is 2.46. The van der Waals surface area contributed by atoms with Crippen LogP contribution in [0.4, 0.5) is 0 Å². The largest absolute Gasteiger partial charge is 0.387 e. The average Bonchev–Trinajstić information content (AvgIpc) is 2.18. The van der Waals surface area contributed by atoms with E-state index in [1.807, 2.05) is 0 Å². The molecule has 1 saturated heterocycles. The predicted molar refractivity (Wildman–Crippen MR) is 52.1 cm³/mol. The van der Waals surface area contributed by atoms with E-state index in [9.17, 15) is 20.1 Å². The number of primary amides is 1. The molecule has 0 aromatic rings. The van der Waals surface area contributed by atoms with Crippen molar-refractivity contribution in [3.05, 3.63) is 0 Å². The molecule has 3 unspecified atom stereocenters. The van der Waals surface area contributed by atoms with Gasteiger partial charge < -0.3 is 30.5 Å². The number of rotatable bonds is 3. The van der Waals surface area contributed by atoms with Gasteiger partial charge in [0.1, 0.15) is 18.3 Å². The van der Waals surface area contributed by atoms with Crippen LogP contribution in [0.3, 0.4) is 0 Å². The van der Waals surface area contributed by atoms with Gasteiger partial charge in [0.2, 0.25) is 5.91 Å². The Morgan fingerprint density at radius 2 is 1.81 bits per heavy atom. The van der Waals surface area contributed by atoms with Crippen LogP contribution in [-0.2, 0) is 14.3 Å². The highest BCUT2D eigenvalue weighted by molar-refractivity contribution is 5.79. The summed E-state index contributed by atoms with van der Waals surface area (Å²) in [6.07, 6.45) is -7.35. The lowest BCUT2D eigenvalue weighted by molar-refractivity contribution is -0.297. The van der Waals surface area contributed by atoms with E-state index in [1.54, 1.807) is 13.8 Å². The molecule has 1 heterocycles. The Bertz CT molecular complexity index is 258. The van der Waals surface area contributed by atoms with Crippen molar-refractivity contribution in [2.24, 2.45) is 5.73 Å². The summed E-state index contributed by atoms with van der Waals surface area (Å²) < 4.78 is 10.1. The summed E-state index contributed by atoms with van der Waals surface area (Å²) in [6, 6.07) is 0. The summed E-state index contributed by atoms with van der Waals surface area (Å²) in [6.45, 7) is 3.40. The monoisotopic (exact) mass is 235 g/mol. The highest BCUT2D eigenvalue weighted by Crippen LogP contribution is 2.22. The van der Waals surface area contributed by atoms with Crippen molar-refractivity contribution < 1.29 is 29.6 Å². The Morgan fingerprint density at radius 1 is 1.25 bits per heavy atom. The molecule has 7 nitrogen and oxygen atoms in total. The molecule has 0 aromatic carbocycles. The van der Waals surface area contributed by atoms with E-state index in [0.29, 0.717) is 0 Å². The number of nitrogens with two attached hydrogens (primary N) is 1. The van der Waals surface area contributed by atoms with Gasteiger partial charge in [0, 0.05) is 0 Å². The van der Waals surface area contributed by atoms with Crippen LogP contribution in [0.15, 0.2) is 0 Å². The molecular formula is C9H17NO6. The van der Waals surface area contributed by atoms with Gasteiger partial charge >= 0.3 is 0 Å². The van der Waals surface area contributed by atoms with Gasteiger partial charge in [-0.25, -0.2) is 0 Å². The average molecular weight is 235 g/mol. The van der Waals surface area contributed by atoms with E-state index in [1.165, 1.54) is 0 Å². The summed E-state index contributed by atoms with van der Waals surface area (Å²) in [5.41, 5.74) is 4.99. The first-order valence-electron chi connectivity index (χ1n) is 4.99. The predicted octanol–water partition coefficient (Wildman–Crippen LogP) is -2.30. The molecule has 0 bridgehead atoms. The van der Waals surface area contributed by atoms with Gasteiger partial charge in [0.25, 0.3) is 0 Å². The van der Waals surface area contributed by atoms with Crippen molar-refractivity contribution in [3.63, 3.8) is 0 Å². The zero-order valence-electron chi connectivity index (χ0n) is 9.11. The lowest BCUT2D eigenvalue weighted by atomic mass is 9.98. The molecule has 1 aliphatic rings. The summed E-state index contributed by atoms with van der Waals surface area (Å²) in [4.78, 5) is 10.9. The van der Waals surface area contributed by atoms with Crippen molar-refractivity contribution in [3.8, 4) is 0 Å².